The van der Waals surface area contributed by atoms with Crippen molar-refractivity contribution in [3.8, 4) is 11.8 Å². The molecule has 1 saturated heterocycles. The van der Waals surface area contributed by atoms with Crippen LogP contribution in [0.5, 0.6) is 0 Å². The van der Waals surface area contributed by atoms with Crippen molar-refractivity contribution in [2.45, 2.75) is 26.7 Å². The minimum Gasteiger partial charge on any atom is -0.450 e. The van der Waals surface area contributed by atoms with E-state index in [0.29, 0.717) is 12.5 Å². The van der Waals surface area contributed by atoms with Gasteiger partial charge in [-0.1, -0.05) is 36.4 Å². The Morgan fingerprint density at radius 3 is 2.68 bits per heavy atom. The van der Waals surface area contributed by atoms with Crippen molar-refractivity contribution in [1.82, 2.24) is 9.80 Å². The van der Waals surface area contributed by atoms with Gasteiger partial charge in [0.15, 0.2) is 0 Å². The fraction of sp³-hybridized carbons (Fsp3) is 0.550. The lowest BCUT2D eigenvalue weighted by atomic mass is 10.0. The van der Waals surface area contributed by atoms with E-state index in [1.165, 1.54) is 0 Å². The predicted octanol–water partition coefficient (Wildman–Crippen LogP) is 3.88. The maximum atomic E-state index is 11.7. The number of carbonyl (C=O) groups is 1. The van der Waals surface area contributed by atoms with Crippen molar-refractivity contribution in [3.05, 3.63) is 34.9 Å². The van der Waals surface area contributed by atoms with Gasteiger partial charge in [-0.3, -0.25) is 4.90 Å². The molecule has 1 aliphatic heterocycles. The predicted molar refractivity (Wildman–Crippen MR) is 102 cm³/mol. The van der Waals surface area contributed by atoms with E-state index in [1.807, 2.05) is 31.2 Å². The zero-order valence-electron chi connectivity index (χ0n) is 15.1. The number of hydrogen-bond acceptors (Lipinski definition) is 3. The van der Waals surface area contributed by atoms with Crippen molar-refractivity contribution in [2.75, 3.05) is 39.3 Å². The Kier molecular flexibility index (Phi) is 8.11. The minimum absolute atomic E-state index is 0.194. The Bertz CT molecular complexity index is 616. The van der Waals surface area contributed by atoms with Crippen molar-refractivity contribution >= 4 is 17.7 Å². The summed E-state index contributed by atoms with van der Waals surface area (Å²) < 4.78 is 5.06. The van der Waals surface area contributed by atoms with Crippen LogP contribution in [0.3, 0.4) is 0 Å². The zero-order chi connectivity index (χ0) is 18.1. The van der Waals surface area contributed by atoms with E-state index >= 15 is 0 Å². The molecule has 0 bridgehead atoms. The number of carbonyl (C=O) groups excluding carboxylic acids is 1. The summed E-state index contributed by atoms with van der Waals surface area (Å²) in [6.45, 7) is 8.74. The zero-order valence-corrected chi connectivity index (χ0v) is 15.9. The second-order valence-electron chi connectivity index (χ2n) is 6.20. The number of benzene rings is 1. The Balaban J connectivity index is 1.77. The van der Waals surface area contributed by atoms with Gasteiger partial charge in [0.25, 0.3) is 0 Å². The molecule has 25 heavy (non-hydrogen) atoms. The van der Waals surface area contributed by atoms with E-state index < -0.39 is 0 Å². The highest BCUT2D eigenvalue weighted by molar-refractivity contribution is 6.30. The molecule has 1 amide bonds. The third kappa shape index (κ3) is 6.61. The lowest BCUT2D eigenvalue weighted by Crippen LogP contribution is -2.49. The molecule has 136 valence electrons. The van der Waals surface area contributed by atoms with Crippen LogP contribution in [0.15, 0.2) is 24.3 Å². The normalized spacial score (nSPS) is 16.0. The van der Waals surface area contributed by atoms with E-state index in [1.54, 1.807) is 4.90 Å². The summed E-state index contributed by atoms with van der Waals surface area (Å²) in [6.07, 6.45) is 1.89. The van der Waals surface area contributed by atoms with Gasteiger partial charge >= 0.3 is 6.09 Å². The van der Waals surface area contributed by atoms with Crippen LogP contribution in [-0.4, -0.2) is 55.2 Å². The van der Waals surface area contributed by atoms with Gasteiger partial charge in [0, 0.05) is 42.7 Å². The summed E-state index contributed by atoms with van der Waals surface area (Å²) in [7, 11) is 0. The summed E-state index contributed by atoms with van der Waals surface area (Å²) in [5, 5.41) is 0.722. The molecule has 2 rings (SSSR count). The molecule has 0 saturated carbocycles. The van der Waals surface area contributed by atoms with Crippen LogP contribution >= 0.6 is 11.6 Å². The van der Waals surface area contributed by atoms with Gasteiger partial charge in [0.2, 0.25) is 0 Å². The van der Waals surface area contributed by atoms with Crippen LogP contribution in [0.1, 0.15) is 32.3 Å². The topological polar surface area (TPSA) is 32.8 Å². The summed E-state index contributed by atoms with van der Waals surface area (Å²) >= 11 is 6.00. The lowest BCUT2D eigenvalue weighted by molar-refractivity contribution is 0.0786. The van der Waals surface area contributed by atoms with Crippen LogP contribution in [0, 0.1) is 17.8 Å². The summed E-state index contributed by atoms with van der Waals surface area (Å²) in [5.74, 6) is 6.99. The Labute approximate surface area is 156 Å². The van der Waals surface area contributed by atoms with Gasteiger partial charge in [-0.15, -0.1) is 0 Å². The van der Waals surface area contributed by atoms with E-state index in [0.717, 1.165) is 56.2 Å². The van der Waals surface area contributed by atoms with Crippen molar-refractivity contribution in [2.24, 2.45) is 5.92 Å². The highest BCUT2D eigenvalue weighted by atomic mass is 35.5. The third-order valence-electron chi connectivity index (χ3n) is 4.43. The first kappa shape index (κ1) is 19.6. The monoisotopic (exact) mass is 362 g/mol. The maximum absolute atomic E-state index is 11.7. The summed E-state index contributed by atoms with van der Waals surface area (Å²) in [5.41, 5.74) is 0.967. The summed E-state index contributed by atoms with van der Waals surface area (Å²) in [4.78, 5) is 15.9. The molecular weight excluding hydrogens is 336 g/mol. The number of piperazine rings is 1. The highest BCUT2D eigenvalue weighted by Crippen LogP contribution is 2.13. The number of amides is 1. The molecule has 0 aromatic heterocycles. The van der Waals surface area contributed by atoms with Gasteiger partial charge in [-0.05, 0) is 44.5 Å². The Morgan fingerprint density at radius 1 is 1.28 bits per heavy atom. The molecule has 1 aliphatic rings. The van der Waals surface area contributed by atoms with Gasteiger partial charge in [-0.25, -0.2) is 4.79 Å². The highest BCUT2D eigenvalue weighted by Gasteiger charge is 2.21. The van der Waals surface area contributed by atoms with E-state index in [9.17, 15) is 4.79 Å². The standard InChI is InChI=1S/C20H27ClN2O2/c1-3-17(8-9-18-6-5-7-19(21)16-18)10-11-22-12-14-23(15-13-22)20(24)25-4-2/h5-7,16-17H,3-4,10-15H2,1-2H3. The average Bonchev–Trinajstić information content (AvgIpc) is 2.62. The molecule has 1 fully saturated rings. The largest absolute Gasteiger partial charge is 0.450 e. The van der Waals surface area contributed by atoms with Gasteiger partial charge in [-0.2, -0.15) is 0 Å². The second kappa shape index (κ2) is 10.3. The number of ether oxygens (including phenoxy) is 1. The Morgan fingerprint density at radius 2 is 2.04 bits per heavy atom. The molecule has 1 aromatic carbocycles. The number of rotatable bonds is 5. The van der Waals surface area contributed by atoms with Gasteiger partial charge < -0.3 is 9.64 Å². The molecule has 1 aromatic rings. The molecule has 1 heterocycles. The van der Waals surface area contributed by atoms with Gasteiger partial charge in [0.05, 0.1) is 6.61 Å². The first-order valence-corrected chi connectivity index (χ1v) is 9.41. The van der Waals surface area contributed by atoms with Crippen LogP contribution in [-0.2, 0) is 4.74 Å². The van der Waals surface area contributed by atoms with Crippen LogP contribution < -0.4 is 0 Å². The first-order valence-electron chi connectivity index (χ1n) is 9.03. The molecule has 4 nitrogen and oxygen atoms in total. The number of hydrogen-bond donors (Lipinski definition) is 0. The van der Waals surface area contributed by atoms with E-state index in [2.05, 4.69) is 23.7 Å². The molecule has 0 spiro atoms. The SMILES string of the molecule is CCOC(=O)N1CCN(CCC(C#Cc2cccc(Cl)c2)CC)CC1. The number of nitrogens with zero attached hydrogens (tertiary/aromatic N) is 2. The molecule has 0 aliphatic carbocycles. The van der Waals surface area contributed by atoms with E-state index in [4.69, 9.17) is 16.3 Å². The molecule has 5 heteroatoms. The molecule has 0 radical (unpaired) electrons. The number of halogens is 1. The Hall–Kier alpha value is -1.70. The van der Waals surface area contributed by atoms with Gasteiger partial charge in [0.1, 0.15) is 0 Å². The first-order chi connectivity index (χ1) is 12.1. The smallest absolute Gasteiger partial charge is 0.409 e. The average molecular weight is 363 g/mol. The van der Waals surface area contributed by atoms with Crippen molar-refractivity contribution in [1.29, 1.82) is 0 Å². The minimum atomic E-state index is -0.194. The van der Waals surface area contributed by atoms with E-state index in [-0.39, 0.29) is 6.09 Å². The lowest BCUT2D eigenvalue weighted by Gasteiger charge is -2.34. The fourth-order valence-corrected chi connectivity index (χ4v) is 3.03. The molecule has 1 atom stereocenters. The third-order valence-corrected chi connectivity index (χ3v) is 4.67. The fourth-order valence-electron chi connectivity index (χ4n) is 2.84. The summed E-state index contributed by atoms with van der Waals surface area (Å²) in [6, 6.07) is 7.67. The maximum Gasteiger partial charge on any atom is 0.409 e. The quantitative estimate of drug-likeness (QED) is 0.745. The van der Waals surface area contributed by atoms with Crippen molar-refractivity contribution in [3.63, 3.8) is 0 Å². The molecule has 1 unspecified atom stereocenters. The molecular formula is C20H27ClN2O2. The van der Waals surface area contributed by atoms with Crippen LogP contribution in [0.2, 0.25) is 5.02 Å². The van der Waals surface area contributed by atoms with Crippen LogP contribution in [0.25, 0.3) is 0 Å². The van der Waals surface area contributed by atoms with Crippen LogP contribution in [0.4, 0.5) is 4.79 Å². The molecule has 0 N–H and O–H groups in total. The second-order valence-corrected chi connectivity index (χ2v) is 6.64. The van der Waals surface area contributed by atoms with Crippen molar-refractivity contribution < 1.29 is 9.53 Å².